The molecule has 1 aliphatic carbocycles. The quantitative estimate of drug-likeness (QED) is 0.744. The topological polar surface area (TPSA) is 78.4 Å². The highest BCUT2D eigenvalue weighted by atomic mass is 19.4. The second-order valence-electron chi connectivity index (χ2n) is 5.22. The van der Waals surface area contributed by atoms with Gasteiger partial charge in [-0.15, -0.1) is 0 Å². The number of carbonyl (C=O) groups excluding carboxylic acids is 1. The van der Waals surface area contributed by atoms with Crippen molar-refractivity contribution in [2.24, 2.45) is 5.92 Å². The van der Waals surface area contributed by atoms with E-state index in [0.29, 0.717) is 25.7 Å². The molecule has 0 aliphatic heterocycles. The molecule has 0 heterocycles. The molecule has 3 N–H and O–H groups in total. The summed E-state index contributed by atoms with van der Waals surface area (Å²) in [6.45, 7) is 1.29. The van der Waals surface area contributed by atoms with Crippen LogP contribution in [0.1, 0.15) is 39.0 Å². The molecule has 20 heavy (non-hydrogen) atoms. The molecule has 2 amide bonds. The molecule has 0 spiro atoms. The number of halogens is 3. The molecule has 0 saturated heterocycles. The standard InChI is InChI=1S/C12H19F3N2O3/c1-7(6-12(13,14)15)16-11(20)17-9-4-2-8(3-5-9)10(18)19/h7-9H,2-6H2,1H3,(H,18,19)(H2,16,17,20). The Bertz CT molecular complexity index is 352. The predicted molar refractivity (Wildman–Crippen MR) is 65.2 cm³/mol. The molecule has 0 bridgehead atoms. The summed E-state index contributed by atoms with van der Waals surface area (Å²) in [5.74, 6) is -1.23. The summed E-state index contributed by atoms with van der Waals surface area (Å²) in [6, 6.07) is -1.81. The molecule has 0 radical (unpaired) electrons. The first-order chi connectivity index (χ1) is 9.17. The van der Waals surface area contributed by atoms with Crippen molar-refractivity contribution in [1.82, 2.24) is 10.6 Å². The van der Waals surface area contributed by atoms with E-state index < -0.39 is 30.6 Å². The van der Waals surface area contributed by atoms with Crippen molar-refractivity contribution in [3.63, 3.8) is 0 Å². The van der Waals surface area contributed by atoms with E-state index in [1.54, 1.807) is 0 Å². The smallest absolute Gasteiger partial charge is 0.391 e. The molecule has 1 aliphatic rings. The lowest BCUT2D eigenvalue weighted by atomic mass is 9.86. The van der Waals surface area contributed by atoms with E-state index >= 15 is 0 Å². The fourth-order valence-electron chi connectivity index (χ4n) is 2.33. The first-order valence-corrected chi connectivity index (χ1v) is 6.54. The molecule has 1 rings (SSSR count). The number of carbonyl (C=O) groups is 2. The first-order valence-electron chi connectivity index (χ1n) is 6.54. The summed E-state index contributed by atoms with van der Waals surface area (Å²) < 4.78 is 36.3. The first kappa shape index (κ1) is 16.6. The van der Waals surface area contributed by atoms with E-state index in [1.807, 2.05) is 0 Å². The van der Waals surface area contributed by atoms with Gasteiger partial charge in [0, 0.05) is 12.1 Å². The number of carboxylic acid groups (broad SMARTS) is 1. The van der Waals surface area contributed by atoms with Crippen LogP contribution in [0.15, 0.2) is 0 Å². The SMILES string of the molecule is CC(CC(F)(F)F)NC(=O)NC1CCC(C(=O)O)CC1. The largest absolute Gasteiger partial charge is 0.481 e. The van der Waals surface area contributed by atoms with Crippen molar-refractivity contribution in [2.45, 2.75) is 57.3 Å². The van der Waals surface area contributed by atoms with Crippen molar-refractivity contribution >= 4 is 12.0 Å². The van der Waals surface area contributed by atoms with Crippen LogP contribution >= 0.6 is 0 Å². The number of amides is 2. The molecule has 1 saturated carbocycles. The van der Waals surface area contributed by atoms with Gasteiger partial charge < -0.3 is 15.7 Å². The number of nitrogens with one attached hydrogen (secondary N) is 2. The van der Waals surface area contributed by atoms with Crippen LogP contribution in [0.3, 0.4) is 0 Å². The summed E-state index contributed by atoms with van der Waals surface area (Å²) in [4.78, 5) is 22.3. The maximum absolute atomic E-state index is 12.1. The monoisotopic (exact) mass is 296 g/mol. The number of rotatable bonds is 4. The Labute approximate surface area is 114 Å². The molecule has 0 aromatic rings. The predicted octanol–water partition coefficient (Wildman–Crippen LogP) is 2.27. The summed E-state index contributed by atoms with van der Waals surface area (Å²) in [5, 5.41) is 13.6. The summed E-state index contributed by atoms with van der Waals surface area (Å²) in [7, 11) is 0. The van der Waals surface area contributed by atoms with Crippen LogP contribution in [0, 0.1) is 5.92 Å². The normalized spacial score (nSPS) is 24.8. The Kier molecular flexibility index (Phi) is 5.64. The number of hydrogen-bond donors (Lipinski definition) is 3. The molecule has 5 nitrogen and oxygen atoms in total. The van der Waals surface area contributed by atoms with Gasteiger partial charge in [0.1, 0.15) is 0 Å². The molecule has 1 fully saturated rings. The summed E-state index contributed by atoms with van der Waals surface area (Å²) in [6.07, 6.45) is -3.40. The van der Waals surface area contributed by atoms with Gasteiger partial charge in [0.15, 0.2) is 0 Å². The molecule has 0 aromatic heterocycles. The van der Waals surface area contributed by atoms with Crippen LogP contribution in [-0.2, 0) is 4.79 Å². The number of alkyl halides is 3. The van der Waals surface area contributed by atoms with Gasteiger partial charge in [0.25, 0.3) is 0 Å². The minimum absolute atomic E-state index is 0.177. The third-order valence-corrected chi connectivity index (χ3v) is 3.33. The van der Waals surface area contributed by atoms with Gasteiger partial charge in [-0.3, -0.25) is 4.79 Å². The van der Waals surface area contributed by atoms with Gasteiger partial charge in [-0.05, 0) is 32.6 Å². The van der Waals surface area contributed by atoms with Crippen molar-refractivity contribution in [3.05, 3.63) is 0 Å². The van der Waals surface area contributed by atoms with Gasteiger partial charge in [-0.25, -0.2) is 4.79 Å². The van der Waals surface area contributed by atoms with Crippen LogP contribution in [0.4, 0.5) is 18.0 Å². The van der Waals surface area contributed by atoms with Crippen LogP contribution in [0.2, 0.25) is 0 Å². The van der Waals surface area contributed by atoms with Crippen LogP contribution in [-0.4, -0.2) is 35.4 Å². The van der Waals surface area contributed by atoms with Gasteiger partial charge in [-0.1, -0.05) is 0 Å². The van der Waals surface area contributed by atoms with E-state index in [0.717, 1.165) is 0 Å². The molecular formula is C12H19F3N2O3. The second-order valence-corrected chi connectivity index (χ2v) is 5.22. The Morgan fingerprint density at radius 3 is 2.25 bits per heavy atom. The Balaban J connectivity index is 2.28. The molecule has 1 atom stereocenters. The number of urea groups is 1. The highest BCUT2D eigenvalue weighted by Gasteiger charge is 2.31. The van der Waals surface area contributed by atoms with Crippen LogP contribution in [0.25, 0.3) is 0 Å². The maximum Gasteiger partial charge on any atom is 0.391 e. The number of hydrogen-bond acceptors (Lipinski definition) is 2. The van der Waals surface area contributed by atoms with E-state index in [-0.39, 0.29) is 12.0 Å². The van der Waals surface area contributed by atoms with Crippen molar-refractivity contribution in [1.29, 1.82) is 0 Å². The van der Waals surface area contributed by atoms with E-state index in [2.05, 4.69) is 10.6 Å². The van der Waals surface area contributed by atoms with E-state index in [1.165, 1.54) is 6.92 Å². The highest BCUT2D eigenvalue weighted by molar-refractivity contribution is 5.74. The fraction of sp³-hybridized carbons (Fsp3) is 0.833. The maximum atomic E-state index is 12.1. The third kappa shape index (κ3) is 6.12. The number of carboxylic acids is 1. The van der Waals surface area contributed by atoms with Crippen molar-refractivity contribution in [3.8, 4) is 0 Å². The Morgan fingerprint density at radius 2 is 1.80 bits per heavy atom. The minimum Gasteiger partial charge on any atom is -0.481 e. The zero-order chi connectivity index (χ0) is 15.3. The van der Waals surface area contributed by atoms with Gasteiger partial charge >= 0.3 is 18.2 Å². The zero-order valence-corrected chi connectivity index (χ0v) is 11.2. The molecule has 8 heteroatoms. The fourth-order valence-corrected chi connectivity index (χ4v) is 2.33. The zero-order valence-electron chi connectivity index (χ0n) is 11.2. The third-order valence-electron chi connectivity index (χ3n) is 3.33. The average molecular weight is 296 g/mol. The van der Waals surface area contributed by atoms with Crippen molar-refractivity contribution in [2.75, 3.05) is 0 Å². The lowest BCUT2D eigenvalue weighted by Crippen LogP contribution is -2.47. The lowest BCUT2D eigenvalue weighted by Gasteiger charge is -2.27. The van der Waals surface area contributed by atoms with Gasteiger partial charge in [0.2, 0.25) is 0 Å². The number of aliphatic carboxylic acids is 1. The molecule has 1 unspecified atom stereocenters. The molecule has 116 valence electrons. The summed E-state index contributed by atoms with van der Waals surface area (Å²) >= 11 is 0. The van der Waals surface area contributed by atoms with Crippen LogP contribution < -0.4 is 10.6 Å². The Morgan fingerprint density at radius 1 is 1.25 bits per heavy atom. The summed E-state index contributed by atoms with van der Waals surface area (Å²) in [5.41, 5.74) is 0. The van der Waals surface area contributed by atoms with Gasteiger partial charge in [0.05, 0.1) is 12.3 Å². The Hall–Kier alpha value is -1.47. The molecular weight excluding hydrogens is 277 g/mol. The van der Waals surface area contributed by atoms with E-state index in [4.69, 9.17) is 5.11 Å². The minimum atomic E-state index is -4.31. The lowest BCUT2D eigenvalue weighted by molar-refractivity contribution is -0.143. The van der Waals surface area contributed by atoms with Gasteiger partial charge in [-0.2, -0.15) is 13.2 Å². The van der Waals surface area contributed by atoms with E-state index in [9.17, 15) is 22.8 Å². The second kappa shape index (κ2) is 6.81. The van der Waals surface area contributed by atoms with Crippen molar-refractivity contribution < 1.29 is 27.9 Å². The highest BCUT2D eigenvalue weighted by Crippen LogP contribution is 2.24. The van der Waals surface area contributed by atoms with Crippen LogP contribution in [0.5, 0.6) is 0 Å². The molecule has 0 aromatic carbocycles. The average Bonchev–Trinajstić information content (AvgIpc) is 2.26.